The standard InChI is InChI=1S/C15H17ClN2S/c16-13-6-4-11(5-7-13)8-17-9-14-10-19-15(18-14)12-2-1-3-12/h4-7,10,12,17H,1-3,8-9H2. The highest BCUT2D eigenvalue weighted by molar-refractivity contribution is 7.09. The average molecular weight is 293 g/mol. The molecule has 0 amide bonds. The van der Waals surface area contributed by atoms with Crippen LogP contribution >= 0.6 is 22.9 Å². The van der Waals surface area contributed by atoms with Crippen molar-refractivity contribution in [2.45, 2.75) is 38.3 Å². The van der Waals surface area contributed by atoms with Crippen LogP contribution in [0.5, 0.6) is 0 Å². The number of hydrogen-bond donors (Lipinski definition) is 1. The van der Waals surface area contributed by atoms with Crippen molar-refractivity contribution in [2.75, 3.05) is 0 Å². The van der Waals surface area contributed by atoms with E-state index in [-0.39, 0.29) is 0 Å². The molecule has 1 saturated carbocycles. The first-order valence-electron chi connectivity index (χ1n) is 6.71. The second-order valence-corrected chi connectivity index (χ2v) is 6.36. The third-order valence-corrected chi connectivity index (χ3v) is 4.88. The van der Waals surface area contributed by atoms with E-state index in [1.54, 1.807) is 0 Å². The van der Waals surface area contributed by atoms with E-state index in [9.17, 15) is 0 Å². The van der Waals surface area contributed by atoms with Gasteiger partial charge in [0.15, 0.2) is 0 Å². The minimum Gasteiger partial charge on any atom is -0.307 e. The molecule has 0 atom stereocenters. The van der Waals surface area contributed by atoms with E-state index in [1.165, 1.54) is 35.5 Å². The van der Waals surface area contributed by atoms with Crippen LogP contribution in [0.4, 0.5) is 0 Å². The molecule has 1 fully saturated rings. The van der Waals surface area contributed by atoms with Crippen LogP contribution in [-0.4, -0.2) is 4.98 Å². The summed E-state index contributed by atoms with van der Waals surface area (Å²) >= 11 is 7.68. The minimum atomic E-state index is 0.745. The molecule has 1 N–H and O–H groups in total. The van der Waals surface area contributed by atoms with Crippen molar-refractivity contribution in [1.29, 1.82) is 0 Å². The quantitative estimate of drug-likeness (QED) is 0.886. The molecule has 0 unspecified atom stereocenters. The lowest BCUT2D eigenvalue weighted by Crippen LogP contribution is -2.13. The molecular formula is C15H17ClN2S. The van der Waals surface area contributed by atoms with E-state index in [4.69, 9.17) is 16.6 Å². The van der Waals surface area contributed by atoms with Gasteiger partial charge < -0.3 is 5.32 Å². The summed E-state index contributed by atoms with van der Waals surface area (Å²) in [5, 5.41) is 7.72. The van der Waals surface area contributed by atoms with E-state index >= 15 is 0 Å². The smallest absolute Gasteiger partial charge is 0.0959 e. The summed E-state index contributed by atoms with van der Waals surface area (Å²) in [5.41, 5.74) is 2.42. The fourth-order valence-corrected chi connectivity index (χ4v) is 3.30. The Bertz CT molecular complexity index is 531. The molecule has 2 aromatic rings. The van der Waals surface area contributed by atoms with Crippen LogP contribution < -0.4 is 5.32 Å². The molecule has 1 aliphatic carbocycles. The van der Waals surface area contributed by atoms with Crippen molar-refractivity contribution >= 4 is 22.9 Å². The van der Waals surface area contributed by atoms with Gasteiger partial charge in [-0.25, -0.2) is 4.98 Å². The highest BCUT2D eigenvalue weighted by atomic mass is 35.5. The predicted octanol–water partition coefficient (Wildman–Crippen LogP) is 4.35. The van der Waals surface area contributed by atoms with E-state index in [1.807, 2.05) is 23.5 Å². The Morgan fingerprint density at radius 2 is 2.00 bits per heavy atom. The minimum absolute atomic E-state index is 0.745. The number of rotatable bonds is 5. The van der Waals surface area contributed by atoms with E-state index < -0.39 is 0 Å². The lowest BCUT2D eigenvalue weighted by Gasteiger charge is -2.22. The molecule has 0 saturated heterocycles. The second kappa shape index (κ2) is 6.04. The molecule has 1 aliphatic rings. The lowest BCUT2D eigenvalue weighted by atomic mass is 9.86. The van der Waals surface area contributed by atoms with Gasteiger partial charge in [-0.15, -0.1) is 11.3 Å². The zero-order chi connectivity index (χ0) is 13.1. The SMILES string of the molecule is Clc1ccc(CNCc2csc(C3CCC3)n2)cc1. The van der Waals surface area contributed by atoms with Gasteiger partial charge in [-0.1, -0.05) is 30.2 Å². The molecular weight excluding hydrogens is 276 g/mol. The van der Waals surface area contributed by atoms with Gasteiger partial charge in [0.1, 0.15) is 0 Å². The zero-order valence-electron chi connectivity index (χ0n) is 10.7. The first-order chi connectivity index (χ1) is 9.31. The molecule has 100 valence electrons. The summed E-state index contributed by atoms with van der Waals surface area (Å²) < 4.78 is 0. The Hall–Kier alpha value is -0.900. The molecule has 0 spiro atoms. The normalized spacial score (nSPS) is 15.4. The lowest BCUT2D eigenvalue weighted by molar-refractivity contribution is 0.417. The predicted molar refractivity (Wildman–Crippen MR) is 80.7 cm³/mol. The Balaban J connectivity index is 1.49. The van der Waals surface area contributed by atoms with Crippen LogP contribution in [0.25, 0.3) is 0 Å². The summed E-state index contributed by atoms with van der Waals surface area (Å²) in [6.07, 6.45) is 4.02. The van der Waals surface area contributed by atoms with Gasteiger partial charge >= 0.3 is 0 Å². The monoisotopic (exact) mass is 292 g/mol. The Labute approximate surface area is 122 Å². The topological polar surface area (TPSA) is 24.9 Å². The summed E-state index contributed by atoms with van der Waals surface area (Å²) in [4.78, 5) is 4.71. The maximum absolute atomic E-state index is 5.86. The zero-order valence-corrected chi connectivity index (χ0v) is 12.3. The van der Waals surface area contributed by atoms with Gasteiger partial charge in [-0.3, -0.25) is 0 Å². The van der Waals surface area contributed by atoms with Crippen molar-refractivity contribution in [3.63, 3.8) is 0 Å². The third kappa shape index (κ3) is 3.35. The number of nitrogens with zero attached hydrogens (tertiary/aromatic N) is 1. The summed E-state index contributed by atoms with van der Waals surface area (Å²) in [7, 11) is 0. The number of halogens is 1. The Morgan fingerprint density at radius 1 is 1.21 bits per heavy atom. The Morgan fingerprint density at radius 3 is 2.68 bits per heavy atom. The number of hydrogen-bond acceptors (Lipinski definition) is 3. The van der Waals surface area contributed by atoms with Gasteiger partial charge in [0, 0.05) is 29.4 Å². The molecule has 4 heteroatoms. The number of benzene rings is 1. The van der Waals surface area contributed by atoms with Gasteiger partial charge in [0.05, 0.1) is 10.7 Å². The van der Waals surface area contributed by atoms with Crippen LogP contribution in [0.2, 0.25) is 5.02 Å². The van der Waals surface area contributed by atoms with Crippen molar-refractivity contribution in [3.8, 4) is 0 Å². The van der Waals surface area contributed by atoms with Crippen LogP contribution in [0, 0.1) is 0 Å². The van der Waals surface area contributed by atoms with Crippen LogP contribution in [-0.2, 0) is 13.1 Å². The van der Waals surface area contributed by atoms with E-state index in [0.717, 1.165) is 24.0 Å². The van der Waals surface area contributed by atoms with Crippen molar-refractivity contribution in [3.05, 3.63) is 50.9 Å². The van der Waals surface area contributed by atoms with Gasteiger partial charge in [0.25, 0.3) is 0 Å². The molecule has 2 nitrogen and oxygen atoms in total. The highest BCUT2D eigenvalue weighted by Gasteiger charge is 2.22. The summed E-state index contributed by atoms with van der Waals surface area (Å²) in [5.74, 6) is 0.745. The van der Waals surface area contributed by atoms with Crippen LogP contribution in [0.1, 0.15) is 41.4 Å². The van der Waals surface area contributed by atoms with Crippen molar-refractivity contribution in [2.24, 2.45) is 0 Å². The van der Waals surface area contributed by atoms with Gasteiger partial charge in [0.2, 0.25) is 0 Å². The number of nitrogens with one attached hydrogen (secondary N) is 1. The van der Waals surface area contributed by atoms with E-state index in [0.29, 0.717) is 0 Å². The largest absolute Gasteiger partial charge is 0.307 e. The number of thiazole rings is 1. The molecule has 1 aromatic heterocycles. The fraction of sp³-hybridized carbons (Fsp3) is 0.400. The first-order valence-corrected chi connectivity index (χ1v) is 7.96. The van der Waals surface area contributed by atoms with Crippen molar-refractivity contribution < 1.29 is 0 Å². The Kier molecular flexibility index (Phi) is 4.16. The van der Waals surface area contributed by atoms with E-state index in [2.05, 4.69) is 22.8 Å². The van der Waals surface area contributed by atoms with Gasteiger partial charge in [-0.05, 0) is 30.5 Å². The molecule has 3 rings (SSSR count). The fourth-order valence-electron chi connectivity index (χ4n) is 2.18. The molecule has 0 radical (unpaired) electrons. The van der Waals surface area contributed by atoms with Crippen LogP contribution in [0.3, 0.4) is 0 Å². The van der Waals surface area contributed by atoms with Crippen LogP contribution in [0.15, 0.2) is 29.6 Å². The summed E-state index contributed by atoms with van der Waals surface area (Å²) in [6, 6.07) is 7.96. The molecule has 0 aliphatic heterocycles. The second-order valence-electron chi connectivity index (χ2n) is 5.03. The maximum atomic E-state index is 5.86. The third-order valence-electron chi connectivity index (χ3n) is 3.57. The highest BCUT2D eigenvalue weighted by Crippen LogP contribution is 2.37. The average Bonchev–Trinajstić information content (AvgIpc) is 2.78. The molecule has 1 aromatic carbocycles. The molecule has 0 bridgehead atoms. The molecule has 1 heterocycles. The number of aromatic nitrogens is 1. The van der Waals surface area contributed by atoms with Gasteiger partial charge in [-0.2, -0.15) is 0 Å². The first kappa shape index (κ1) is 13.1. The molecule has 19 heavy (non-hydrogen) atoms. The summed E-state index contributed by atoms with van der Waals surface area (Å²) in [6.45, 7) is 1.69. The van der Waals surface area contributed by atoms with Crippen molar-refractivity contribution in [1.82, 2.24) is 10.3 Å². The maximum Gasteiger partial charge on any atom is 0.0959 e.